The van der Waals surface area contributed by atoms with Crippen LogP contribution in [0.4, 0.5) is 4.79 Å². The zero-order chi connectivity index (χ0) is 8.39. The summed E-state index contributed by atoms with van der Waals surface area (Å²) in [4.78, 5) is 14.3. The Morgan fingerprint density at radius 1 is 1.25 bits per heavy atom. The lowest BCUT2D eigenvalue weighted by Crippen LogP contribution is -2.01. The van der Waals surface area contributed by atoms with Crippen molar-refractivity contribution in [1.82, 2.24) is 0 Å². The molecule has 0 saturated heterocycles. The number of amides is 1. The first-order chi connectivity index (χ1) is 5.86. The van der Waals surface area contributed by atoms with Crippen LogP contribution in [0.2, 0.25) is 0 Å². The number of aliphatic imine (C=N–C) groups is 1. The Labute approximate surface area is 69.7 Å². The molecule has 1 aliphatic heterocycles. The van der Waals surface area contributed by atoms with E-state index in [1.54, 1.807) is 0 Å². The van der Waals surface area contributed by atoms with Crippen molar-refractivity contribution in [3.8, 4) is 0 Å². The molecule has 3 heteroatoms. The van der Waals surface area contributed by atoms with Crippen LogP contribution in [0, 0.1) is 0 Å². The van der Waals surface area contributed by atoms with Gasteiger partial charge in [-0.1, -0.05) is 30.3 Å². The Morgan fingerprint density at radius 3 is 2.58 bits per heavy atom. The molecule has 0 unspecified atom stereocenters. The largest absolute Gasteiger partial charge is 0.441 e. The summed E-state index contributed by atoms with van der Waals surface area (Å²) >= 11 is 0. The first-order valence-electron chi connectivity index (χ1n) is 3.66. The third kappa shape index (κ3) is 1.21. The van der Waals surface area contributed by atoms with Gasteiger partial charge in [-0.05, 0) is 5.56 Å². The van der Waals surface area contributed by atoms with Gasteiger partial charge >= 0.3 is 6.09 Å². The average Bonchev–Trinajstić information content (AvgIpc) is 2.54. The Hall–Kier alpha value is -1.64. The lowest BCUT2D eigenvalue weighted by Gasteiger charge is -1.95. The Morgan fingerprint density at radius 2 is 2.00 bits per heavy atom. The molecule has 0 saturated carbocycles. The van der Waals surface area contributed by atoms with Crippen LogP contribution in [0.5, 0.6) is 0 Å². The van der Waals surface area contributed by atoms with E-state index in [0.717, 1.165) is 5.56 Å². The molecule has 1 aliphatic rings. The van der Waals surface area contributed by atoms with Crippen LogP contribution in [-0.2, 0) is 4.74 Å². The van der Waals surface area contributed by atoms with E-state index in [0.29, 0.717) is 12.3 Å². The number of ether oxygens (including phenoxy) is 1. The Kier molecular flexibility index (Phi) is 1.63. The van der Waals surface area contributed by atoms with Gasteiger partial charge < -0.3 is 4.74 Å². The first kappa shape index (κ1) is 7.03. The maximum atomic E-state index is 10.6. The van der Waals surface area contributed by atoms with E-state index in [9.17, 15) is 4.79 Å². The maximum absolute atomic E-state index is 10.6. The molecule has 0 aromatic heterocycles. The summed E-state index contributed by atoms with van der Waals surface area (Å²) in [6, 6.07) is 9.53. The highest BCUT2D eigenvalue weighted by molar-refractivity contribution is 6.09. The van der Waals surface area contributed by atoms with Crippen LogP contribution in [-0.4, -0.2) is 18.4 Å². The fourth-order valence-corrected chi connectivity index (χ4v) is 1.08. The zero-order valence-corrected chi connectivity index (χ0v) is 6.36. The van der Waals surface area contributed by atoms with Crippen LogP contribution in [0.1, 0.15) is 5.56 Å². The number of rotatable bonds is 1. The van der Waals surface area contributed by atoms with Crippen molar-refractivity contribution in [2.45, 2.75) is 0 Å². The van der Waals surface area contributed by atoms with Gasteiger partial charge in [0.25, 0.3) is 0 Å². The van der Waals surface area contributed by atoms with Crippen LogP contribution >= 0.6 is 0 Å². The maximum Gasteiger partial charge on any atom is 0.434 e. The molecule has 0 atom stereocenters. The minimum absolute atomic E-state index is 0.294. The monoisotopic (exact) mass is 161 g/mol. The van der Waals surface area contributed by atoms with Crippen LogP contribution < -0.4 is 0 Å². The van der Waals surface area contributed by atoms with Gasteiger partial charge in [0.2, 0.25) is 0 Å². The molecule has 1 amide bonds. The summed E-state index contributed by atoms with van der Waals surface area (Å²) in [6.07, 6.45) is -0.492. The minimum atomic E-state index is -0.492. The second-order valence-corrected chi connectivity index (χ2v) is 2.48. The van der Waals surface area contributed by atoms with Gasteiger partial charge in [0.1, 0.15) is 6.61 Å². The summed E-state index contributed by atoms with van der Waals surface area (Å²) in [5, 5.41) is 0. The second-order valence-electron chi connectivity index (χ2n) is 2.48. The highest BCUT2D eigenvalue weighted by Crippen LogP contribution is 2.07. The smallest absolute Gasteiger partial charge is 0.434 e. The molecule has 1 aromatic carbocycles. The van der Waals surface area contributed by atoms with Crippen LogP contribution in [0.25, 0.3) is 0 Å². The summed E-state index contributed by atoms with van der Waals surface area (Å²) in [7, 11) is 0. The van der Waals surface area contributed by atoms with Crippen molar-refractivity contribution in [2.24, 2.45) is 4.99 Å². The number of cyclic esters (lactones) is 1. The van der Waals surface area contributed by atoms with Gasteiger partial charge in [-0.15, -0.1) is 0 Å². The molecule has 0 fully saturated rings. The fourth-order valence-electron chi connectivity index (χ4n) is 1.08. The molecule has 60 valence electrons. The lowest BCUT2D eigenvalue weighted by molar-refractivity contribution is 0.181. The average molecular weight is 161 g/mol. The van der Waals surface area contributed by atoms with Gasteiger partial charge in [0.15, 0.2) is 0 Å². The predicted octanol–water partition coefficient (Wildman–Crippen LogP) is 1.63. The SMILES string of the molecule is O=C1N=C(c2ccccc2)CO1. The number of benzene rings is 1. The third-order valence-electron chi connectivity index (χ3n) is 1.67. The van der Waals surface area contributed by atoms with Gasteiger partial charge in [-0.3, -0.25) is 0 Å². The molecule has 12 heavy (non-hydrogen) atoms. The van der Waals surface area contributed by atoms with E-state index in [-0.39, 0.29) is 0 Å². The highest BCUT2D eigenvalue weighted by atomic mass is 16.6. The van der Waals surface area contributed by atoms with Gasteiger partial charge in [-0.25, -0.2) is 4.79 Å². The molecular formula is C9H7NO2. The van der Waals surface area contributed by atoms with Gasteiger partial charge in [0, 0.05) is 0 Å². The number of carbonyl (C=O) groups excluding carboxylic acids is 1. The molecule has 1 heterocycles. The first-order valence-corrected chi connectivity index (χ1v) is 3.66. The molecule has 0 radical (unpaired) electrons. The second kappa shape index (κ2) is 2.77. The summed E-state index contributed by atoms with van der Waals surface area (Å²) in [6.45, 7) is 0.294. The Balaban J connectivity index is 2.33. The number of nitrogens with zero attached hydrogens (tertiary/aromatic N) is 1. The summed E-state index contributed by atoms with van der Waals surface area (Å²) in [5.74, 6) is 0. The van der Waals surface area contributed by atoms with Gasteiger partial charge in [-0.2, -0.15) is 4.99 Å². The normalized spacial score (nSPS) is 15.7. The molecule has 1 aromatic rings. The van der Waals surface area contributed by atoms with Crippen LogP contribution in [0.3, 0.4) is 0 Å². The molecule has 0 spiro atoms. The molecule has 2 rings (SSSR count). The van der Waals surface area contributed by atoms with E-state index < -0.39 is 6.09 Å². The lowest BCUT2D eigenvalue weighted by atomic mass is 10.1. The fraction of sp³-hybridized carbons (Fsp3) is 0.111. The van der Waals surface area contributed by atoms with E-state index in [4.69, 9.17) is 0 Å². The van der Waals surface area contributed by atoms with Crippen molar-refractivity contribution in [3.63, 3.8) is 0 Å². The molecule has 0 bridgehead atoms. The number of carbonyl (C=O) groups is 1. The standard InChI is InChI=1S/C9H7NO2/c11-9-10-8(6-12-9)7-4-2-1-3-5-7/h1-5H,6H2. The molecule has 3 nitrogen and oxygen atoms in total. The van der Waals surface area contributed by atoms with Gasteiger partial charge in [0.05, 0.1) is 5.71 Å². The predicted molar refractivity (Wildman–Crippen MR) is 44.3 cm³/mol. The zero-order valence-electron chi connectivity index (χ0n) is 6.36. The number of hydrogen-bond donors (Lipinski definition) is 0. The van der Waals surface area contributed by atoms with E-state index in [1.165, 1.54) is 0 Å². The topological polar surface area (TPSA) is 38.7 Å². The third-order valence-corrected chi connectivity index (χ3v) is 1.67. The van der Waals surface area contributed by atoms with Crippen LogP contribution in [0.15, 0.2) is 35.3 Å². The van der Waals surface area contributed by atoms with Crippen molar-refractivity contribution in [1.29, 1.82) is 0 Å². The quantitative estimate of drug-likeness (QED) is 0.627. The molecule has 0 N–H and O–H groups in total. The van der Waals surface area contributed by atoms with Crippen molar-refractivity contribution < 1.29 is 9.53 Å². The Bertz CT molecular complexity index is 330. The molecular weight excluding hydrogens is 154 g/mol. The van der Waals surface area contributed by atoms with Crippen molar-refractivity contribution >= 4 is 11.8 Å². The minimum Gasteiger partial charge on any atom is -0.441 e. The van der Waals surface area contributed by atoms with E-state index in [2.05, 4.69) is 9.73 Å². The highest BCUT2D eigenvalue weighted by Gasteiger charge is 2.15. The summed E-state index contributed by atoms with van der Waals surface area (Å²) < 4.78 is 4.68. The number of hydrogen-bond acceptors (Lipinski definition) is 2. The van der Waals surface area contributed by atoms with E-state index in [1.807, 2.05) is 30.3 Å². The molecule has 0 aliphatic carbocycles. The summed E-state index contributed by atoms with van der Waals surface area (Å²) in [5.41, 5.74) is 1.66. The van der Waals surface area contributed by atoms with Crippen molar-refractivity contribution in [2.75, 3.05) is 6.61 Å². The van der Waals surface area contributed by atoms with Crippen molar-refractivity contribution in [3.05, 3.63) is 35.9 Å². The van der Waals surface area contributed by atoms with E-state index >= 15 is 0 Å².